The lowest BCUT2D eigenvalue weighted by atomic mass is 9.75. The Hall–Kier alpha value is -0.890. The first-order valence-corrected chi connectivity index (χ1v) is 6.66. The number of nitrogens with zero attached hydrogens (tertiary/aromatic N) is 1. The molecule has 2 rings (SSSR count). The Labute approximate surface area is 104 Å². The van der Waals surface area contributed by atoms with Gasteiger partial charge in [0.25, 0.3) is 0 Å². The van der Waals surface area contributed by atoms with Crippen LogP contribution in [0.1, 0.15) is 44.9 Å². The maximum absolute atomic E-state index is 11.4. The van der Waals surface area contributed by atoms with E-state index in [2.05, 4.69) is 37.2 Å². The normalized spacial score (nSPS) is 23.9. The minimum Gasteiger partial charge on any atom is -0.303 e. The second-order valence-electron chi connectivity index (χ2n) is 5.63. The fourth-order valence-electron chi connectivity index (χ4n) is 3.00. The van der Waals surface area contributed by atoms with Crippen molar-refractivity contribution < 1.29 is 4.79 Å². The number of hydrogen-bond donors (Lipinski definition) is 0. The fourth-order valence-corrected chi connectivity index (χ4v) is 3.00. The van der Waals surface area contributed by atoms with Crippen molar-refractivity contribution in [2.24, 2.45) is 0 Å². The zero-order chi connectivity index (χ0) is 12.3. The van der Waals surface area contributed by atoms with Gasteiger partial charge in [0.05, 0.1) is 0 Å². The number of Topliss-reactive ketones (excluding diaryl/α,β-unsaturated/α-hetero) is 1. The molecule has 2 heteroatoms. The van der Waals surface area contributed by atoms with Crippen molar-refractivity contribution in [2.45, 2.75) is 50.5 Å². The molecule has 0 unspecified atom stereocenters. The summed E-state index contributed by atoms with van der Waals surface area (Å²) in [6.07, 6.45) is 13.8. The highest BCUT2D eigenvalue weighted by Gasteiger charge is 2.37. The topological polar surface area (TPSA) is 20.3 Å². The number of allylic oxidation sites excluding steroid dienone is 3. The smallest absolute Gasteiger partial charge is 0.133 e. The quantitative estimate of drug-likeness (QED) is 0.746. The standard InChI is InChI=1S/C15H23NO/c1-16(2)15(10-8-14(17)9-11-15)12-13-6-4-3-5-7-13/h3-4,6H,5,7-12H2,1-2H3. The van der Waals surface area contributed by atoms with Crippen LogP contribution in [-0.2, 0) is 4.79 Å². The fraction of sp³-hybridized carbons (Fsp3) is 0.667. The number of ketones is 1. The molecular weight excluding hydrogens is 210 g/mol. The predicted octanol–water partition coefficient (Wildman–Crippen LogP) is 3.10. The lowest BCUT2D eigenvalue weighted by Gasteiger charge is -2.43. The van der Waals surface area contributed by atoms with Crippen LogP contribution in [0.4, 0.5) is 0 Å². The summed E-state index contributed by atoms with van der Waals surface area (Å²) in [5.74, 6) is 0.444. The average Bonchev–Trinajstić information content (AvgIpc) is 2.33. The Bertz CT molecular complexity index is 342. The first-order valence-electron chi connectivity index (χ1n) is 6.66. The van der Waals surface area contributed by atoms with Gasteiger partial charge in [-0.25, -0.2) is 0 Å². The summed E-state index contributed by atoms with van der Waals surface area (Å²) < 4.78 is 0. The highest BCUT2D eigenvalue weighted by Crippen LogP contribution is 2.37. The van der Waals surface area contributed by atoms with Gasteiger partial charge in [-0.1, -0.05) is 23.8 Å². The second-order valence-corrected chi connectivity index (χ2v) is 5.63. The first kappa shape index (κ1) is 12.6. The van der Waals surface area contributed by atoms with E-state index in [0.29, 0.717) is 5.78 Å². The molecule has 0 aliphatic heterocycles. The van der Waals surface area contributed by atoms with E-state index in [1.807, 2.05) is 0 Å². The Kier molecular flexibility index (Phi) is 3.82. The van der Waals surface area contributed by atoms with Crippen molar-refractivity contribution in [3.05, 3.63) is 23.8 Å². The molecule has 1 fully saturated rings. The first-order chi connectivity index (χ1) is 8.12. The van der Waals surface area contributed by atoms with Crippen LogP contribution in [0.3, 0.4) is 0 Å². The molecule has 0 aromatic rings. The molecule has 0 bridgehead atoms. The van der Waals surface area contributed by atoms with Crippen LogP contribution in [-0.4, -0.2) is 30.3 Å². The third-order valence-corrected chi connectivity index (χ3v) is 4.34. The largest absolute Gasteiger partial charge is 0.303 e. The van der Waals surface area contributed by atoms with E-state index in [9.17, 15) is 4.79 Å². The molecule has 1 saturated carbocycles. The van der Waals surface area contributed by atoms with Gasteiger partial charge in [-0.15, -0.1) is 0 Å². The van der Waals surface area contributed by atoms with E-state index >= 15 is 0 Å². The van der Waals surface area contributed by atoms with Crippen LogP contribution in [0.2, 0.25) is 0 Å². The average molecular weight is 233 g/mol. The zero-order valence-corrected chi connectivity index (χ0v) is 11.0. The summed E-state index contributed by atoms with van der Waals surface area (Å²) in [6.45, 7) is 0. The van der Waals surface area contributed by atoms with Crippen molar-refractivity contribution in [3.8, 4) is 0 Å². The highest BCUT2D eigenvalue weighted by atomic mass is 16.1. The van der Waals surface area contributed by atoms with Crippen LogP contribution < -0.4 is 0 Å². The Morgan fingerprint density at radius 2 is 1.94 bits per heavy atom. The monoisotopic (exact) mass is 233 g/mol. The lowest BCUT2D eigenvalue weighted by Crippen LogP contribution is -2.47. The number of hydrogen-bond acceptors (Lipinski definition) is 2. The van der Waals surface area contributed by atoms with Gasteiger partial charge in [0.1, 0.15) is 5.78 Å². The van der Waals surface area contributed by atoms with Crippen molar-refractivity contribution >= 4 is 5.78 Å². The van der Waals surface area contributed by atoms with Crippen molar-refractivity contribution in [3.63, 3.8) is 0 Å². The lowest BCUT2D eigenvalue weighted by molar-refractivity contribution is -0.122. The summed E-state index contributed by atoms with van der Waals surface area (Å²) in [4.78, 5) is 13.8. The summed E-state index contributed by atoms with van der Waals surface area (Å²) in [7, 11) is 4.32. The van der Waals surface area contributed by atoms with Crippen molar-refractivity contribution in [2.75, 3.05) is 14.1 Å². The number of rotatable bonds is 3. The molecule has 2 nitrogen and oxygen atoms in total. The Morgan fingerprint density at radius 1 is 1.24 bits per heavy atom. The van der Waals surface area contributed by atoms with E-state index in [-0.39, 0.29) is 5.54 Å². The SMILES string of the molecule is CN(C)C1(CC2=CC=CCC2)CCC(=O)CC1. The molecule has 2 aliphatic rings. The third kappa shape index (κ3) is 2.86. The summed E-state index contributed by atoms with van der Waals surface area (Å²) in [5.41, 5.74) is 1.78. The molecule has 94 valence electrons. The second kappa shape index (κ2) is 5.18. The molecule has 0 radical (unpaired) electrons. The van der Waals surface area contributed by atoms with E-state index in [1.165, 1.54) is 12.8 Å². The van der Waals surface area contributed by atoms with E-state index < -0.39 is 0 Å². The van der Waals surface area contributed by atoms with Gasteiger partial charge >= 0.3 is 0 Å². The molecule has 0 atom stereocenters. The molecule has 0 saturated heterocycles. The molecular formula is C15H23NO. The summed E-state index contributed by atoms with van der Waals surface area (Å²) >= 11 is 0. The maximum atomic E-state index is 11.4. The van der Waals surface area contributed by atoms with Gasteiger partial charge in [-0.2, -0.15) is 0 Å². The third-order valence-electron chi connectivity index (χ3n) is 4.34. The van der Waals surface area contributed by atoms with Crippen LogP contribution in [0.5, 0.6) is 0 Å². The Morgan fingerprint density at radius 3 is 2.47 bits per heavy atom. The summed E-state index contributed by atoms with van der Waals surface area (Å²) in [5, 5.41) is 0. The predicted molar refractivity (Wildman–Crippen MR) is 71.0 cm³/mol. The van der Waals surface area contributed by atoms with Gasteiger partial charge in [0, 0.05) is 18.4 Å². The minimum absolute atomic E-state index is 0.227. The van der Waals surface area contributed by atoms with Gasteiger partial charge in [0.2, 0.25) is 0 Å². The molecule has 0 amide bonds. The highest BCUT2D eigenvalue weighted by molar-refractivity contribution is 5.79. The zero-order valence-electron chi connectivity index (χ0n) is 11.0. The Balaban J connectivity index is 2.09. The molecule has 2 aliphatic carbocycles. The van der Waals surface area contributed by atoms with E-state index in [0.717, 1.165) is 32.1 Å². The van der Waals surface area contributed by atoms with Crippen LogP contribution in [0.15, 0.2) is 23.8 Å². The van der Waals surface area contributed by atoms with Crippen LogP contribution in [0, 0.1) is 0 Å². The van der Waals surface area contributed by atoms with Crippen molar-refractivity contribution in [1.82, 2.24) is 4.90 Å². The van der Waals surface area contributed by atoms with E-state index in [1.54, 1.807) is 5.57 Å². The van der Waals surface area contributed by atoms with Crippen LogP contribution >= 0.6 is 0 Å². The van der Waals surface area contributed by atoms with Gasteiger partial charge < -0.3 is 4.90 Å². The van der Waals surface area contributed by atoms with Crippen molar-refractivity contribution in [1.29, 1.82) is 0 Å². The van der Waals surface area contributed by atoms with Crippen LogP contribution in [0.25, 0.3) is 0 Å². The maximum Gasteiger partial charge on any atom is 0.133 e. The number of carbonyl (C=O) groups is 1. The molecule has 0 heterocycles. The minimum atomic E-state index is 0.227. The molecule has 17 heavy (non-hydrogen) atoms. The van der Waals surface area contributed by atoms with Gasteiger partial charge in [-0.05, 0) is 46.2 Å². The molecule has 0 aromatic heterocycles. The van der Waals surface area contributed by atoms with Gasteiger partial charge in [-0.3, -0.25) is 4.79 Å². The molecule has 0 N–H and O–H groups in total. The summed E-state index contributed by atoms with van der Waals surface area (Å²) in [6, 6.07) is 0. The van der Waals surface area contributed by atoms with Gasteiger partial charge in [0.15, 0.2) is 0 Å². The molecule has 0 spiro atoms. The molecule has 0 aromatic carbocycles. The number of carbonyl (C=O) groups excluding carboxylic acids is 1. The van der Waals surface area contributed by atoms with E-state index in [4.69, 9.17) is 0 Å².